The third-order valence-electron chi connectivity index (χ3n) is 4.53. The second kappa shape index (κ2) is 3.27. The van der Waals surface area contributed by atoms with Gasteiger partial charge in [0, 0.05) is 0 Å². The van der Waals surface area contributed by atoms with Crippen LogP contribution >= 0.6 is 0 Å². The van der Waals surface area contributed by atoms with E-state index in [1.807, 2.05) is 0 Å². The van der Waals surface area contributed by atoms with Gasteiger partial charge in [0.15, 0.2) is 0 Å². The van der Waals surface area contributed by atoms with Crippen LogP contribution in [-0.4, -0.2) is 6.54 Å². The maximum atomic E-state index is 5.68. The molecule has 13 heavy (non-hydrogen) atoms. The summed E-state index contributed by atoms with van der Waals surface area (Å²) in [5, 5.41) is 0. The normalized spacial score (nSPS) is 38.5. The Bertz CT molecular complexity index is 186. The summed E-state index contributed by atoms with van der Waals surface area (Å²) in [5.41, 5.74) is 6.19. The van der Waals surface area contributed by atoms with Crippen LogP contribution in [0.5, 0.6) is 0 Å². The minimum atomic E-state index is 0.509. The summed E-state index contributed by atoms with van der Waals surface area (Å²) in [6.07, 6.45) is 7.25. The van der Waals surface area contributed by atoms with Crippen LogP contribution in [-0.2, 0) is 0 Å². The van der Waals surface area contributed by atoms with Crippen LogP contribution in [0.3, 0.4) is 0 Å². The molecule has 0 aromatic rings. The standard InChI is InChI=1S/C12H23N/c1-12(2,5-6-13)11-8-9-3-4-10(11)7-9/h9-11H,3-8,13H2,1-2H3. The fourth-order valence-electron chi connectivity index (χ4n) is 3.76. The van der Waals surface area contributed by atoms with Gasteiger partial charge in [-0.05, 0) is 55.4 Å². The molecule has 2 rings (SSSR count). The Labute approximate surface area is 82.1 Å². The molecule has 0 aromatic heterocycles. The van der Waals surface area contributed by atoms with E-state index in [1.165, 1.54) is 32.1 Å². The molecule has 0 spiro atoms. The highest BCUT2D eigenvalue weighted by atomic mass is 14.6. The molecule has 2 aliphatic rings. The first kappa shape index (κ1) is 9.51. The fourth-order valence-corrected chi connectivity index (χ4v) is 3.76. The Kier molecular flexibility index (Phi) is 2.39. The molecular weight excluding hydrogens is 158 g/mol. The van der Waals surface area contributed by atoms with Gasteiger partial charge in [-0.15, -0.1) is 0 Å². The first-order valence-electron chi connectivity index (χ1n) is 5.83. The van der Waals surface area contributed by atoms with E-state index < -0.39 is 0 Å². The summed E-state index contributed by atoms with van der Waals surface area (Å²) in [4.78, 5) is 0. The Morgan fingerprint density at radius 1 is 1.23 bits per heavy atom. The lowest BCUT2D eigenvalue weighted by atomic mass is 9.69. The van der Waals surface area contributed by atoms with E-state index in [-0.39, 0.29) is 0 Å². The molecule has 0 heterocycles. The Morgan fingerprint density at radius 3 is 2.46 bits per heavy atom. The molecule has 76 valence electrons. The molecule has 0 radical (unpaired) electrons. The van der Waals surface area contributed by atoms with E-state index in [9.17, 15) is 0 Å². The number of rotatable bonds is 3. The zero-order valence-corrected chi connectivity index (χ0v) is 9.05. The Balaban J connectivity index is 2.01. The van der Waals surface area contributed by atoms with Crippen molar-refractivity contribution in [2.75, 3.05) is 6.54 Å². The lowest BCUT2D eigenvalue weighted by Crippen LogP contribution is -2.30. The Morgan fingerprint density at radius 2 is 2.00 bits per heavy atom. The second-order valence-electron chi connectivity index (χ2n) is 5.81. The zero-order chi connectivity index (χ0) is 9.47. The summed E-state index contributed by atoms with van der Waals surface area (Å²) in [6.45, 7) is 5.71. The quantitative estimate of drug-likeness (QED) is 0.712. The van der Waals surface area contributed by atoms with Gasteiger partial charge in [-0.2, -0.15) is 0 Å². The van der Waals surface area contributed by atoms with Crippen LogP contribution in [0.1, 0.15) is 46.0 Å². The first-order valence-corrected chi connectivity index (χ1v) is 5.83. The van der Waals surface area contributed by atoms with Crippen molar-refractivity contribution < 1.29 is 0 Å². The van der Waals surface area contributed by atoms with Crippen molar-refractivity contribution in [3.8, 4) is 0 Å². The van der Waals surface area contributed by atoms with Crippen LogP contribution in [0.2, 0.25) is 0 Å². The minimum Gasteiger partial charge on any atom is -0.330 e. The summed E-state index contributed by atoms with van der Waals surface area (Å²) in [5.74, 6) is 3.10. The molecule has 1 nitrogen and oxygen atoms in total. The topological polar surface area (TPSA) is 26.0 Å². The van der Waals surface area contributed by atoms with Crippen molar-refractivity contribution >= 4 is 0 Å². The summed E-state index contributed by atoms with van der Waals surface area (Å²) < 4.78 is 0. The van der Waals surface area contributed by atoms with Crippen LogP contribution < -0.4 is 5.73 Å². The highest BCUT2D eigenvalue weighted by molar-refractivity contribution is 4.96. The average Bonchev–Trinajstić information content (AvgIpc) is 2.63. The molecule has 2 aliphatic carbocycles. The van der Waals surface area contributed by atoms with Crippen molar-refractivity contribution in [2.45, 2.75) is 46.0 Å². The highest BCUT2D eigenvalue weighted by Crippen LogP contribution is 2.55. The van der Waals surface area contributed by atoms with Gasteiger partial charge in [-0.3, -0.25) is 0 Å². The third kappa shape index (κ3) is 1.63. The summed E-state index contributed by atoms with van der Waals surface area (Å²) in [7, 11) is 0. The predicted molar refractivity (Wildman–Crippen MR) is 56.4 cm³/mol. The monoisotopic (exact) mass is 181 g/mol. The molecular formula is C12H23N. The lowest BCUT2D eigenvalue weighted by Gasteiger charge is -2.37. The predicted octanol–water partition coefficient (Wildman–Crippen LogP) is 2.80. The molecule has 3 unspecified atom stereocenters. The van der Waals surface area contributed by atoms with Gasteiger partial charge >= 0.3 is 0 Å². The molecule has 2 bridgehead atoms. The van der Waals surface area contributed by atoms with E-state index in [2.05, 4.69) is 13.8 Å². The molecule has 1 heteroatoms. The van der Waals surface area contributed by atoms with Crippen LogP contribution in [0, 0.1) is 23.2 Å². The van der Waals surface area contributed by atoms with E-state index in [4.69, 9.17) is 5.73 Å². The number of fused-ring (bicyclic) bond motifs is 2. The molecule has 0 aliphatic heterocycles. The largest absolute Gasteiger partial charge is 0.330 e. The van der Waals surface area contributed by atoms with Crippen LogP contribution in [0.25, 0.3) is 0 Å². The SMILES string of the molecule is CC(C)(CCN)C1CC2CCC1C2. The van der Waals surface area contributed by atoms with E-state index in [1.54, 1.807) is 0 Å². The maximum Gasteiger partial charge on any atom is -0.00721 e. The molecule has 0 amide bonds. The highest BCUT2D eigenvalue weighted by Gasteiger charge is 2.45. The van der Waals surface area contributed by atoms with Crippen molar-refractivity contribution in [1.29, 1.82) is 0 Å². The molecule has 3 atom stereocenters. The van der Waals surface area contributed by atoms with Crippen LogP contribution in [0.15, 0.2) is 0 Å². The van der Waals surface area contributed by atoms with Gasteiger partial charge in [0.2, 0.25) is 0 Å². The van der Waals surface area contributed by atoms with E-state index in [0.29, 0.717) is 5.41 Å². The zero-order valence-electron chi connectivity index (χ0n) is 9.05. The average molecular weight is 181 g/mol. The van der Waals surface area contributed by atoms with Gasteiger partial charge in [0.1, 0.15) is 0 Å². The lowest BCUT2D eigenvalue weighted by molar-refractivity contribution is 0.132. The molecule has 0 saturated heterocycles. The number of nitrogens with two attached hydrogens (primary N) is 1. The molecule has 0 aromatic carbocycles. The smallest absolute Gasteiger partial charge is 0.00721 e. The van der Waals surface area contributed by atoms with E-state index >= 15 is 0 Å². The second-order valence-corrected chi connectivity index (χ2v) is 5.81. The van der Waals surface area contributed by atoms with Gasteiger partial charge in [0.25, 0.3) is 0 Å². The number of hydrogen-bond donors (Lipinski definition) is 1. The van der Waals surface area contributed by atoms with Crippen molar-refractivity contribution in [2.24, 2.45) is 28.9 Å². The van der Waals surface area contributed by atoms with Crippen LogP contribution in [0.4, 0.5) is 0 Å². The van der Waals surface area contributed by atoms with Crippen molar-refractivity contribution in [3.63, 3.8) is 0 Å². The minimum absolute atomic E-state index is 0.509. The number of hydrogen-bond acceptors (Lipinski definition) is 1. The van der Waals surface area contributed by atoms with Crippen molar-refractivity contribution in [1.82, 2.24) is 0 Å². The van der Waals surface area contributed by atoms with Crippen molar-refractivity contribution in [3.05, 3.63) is 0 Å². The molecule has 2 saturated carbocycles. The summed E-state index contributed by atoms with van der Waals surface area (Å²) in [6, 6.07) is 0. The first-order chi connectivity index (χ1) is 6.13. The summed E-state index contributed by atoms with van der Waals surface area (Å²) >= 11 is 0. The van der Waals surface area contributed by atoms with Gasteiger partial charge in [-0.25, -0.2) is 0 Å². The van der Waals surface area contributed by atoms with Gasteiger partial charge in [0.05, 0.1) is 0 Å². The fraction of sp³-hybridized carbons (Fsp3) is 1.00. The maximum absolute atomic E-state index is 5.68. The molecule has 2 N–H and O–H groups in total. The van der Waals surface area contributed by atoms with Gasteiger partial charge < -0.3 is 5.73 Å². The van der Waals surface area contributed by atoms with E-state index in [0.717, 1.165) is 24.3 Å². The van der Waals surface area contributed by atoms with Gasteiger partial charge in [-0.1, -0.05) is 20.3 Å². The third-order valence-corrected chi connectivity index (χ3v) is 4.53. The Hall–Kier alpha value is -0.0400. The molecule has 2 fully saturated rings.